The fraction of sp³-hybridized carbons (Fsp3) is 0. The summed E-state index contributed by atoms with van der Waals surface area (Å²) in [4.78, 5) is 0. The first kappa shape index (κ1) is 4.76. The van der Waals surface area contributed by atoms with E-state index in [4.69, 9.17) is 2.98 Å². The van der Waals surface area contributed by atoms with Crippen molar-refractivity contribution in [2.45, 2.75) is 0 Å². The molecule has 0 rings (SSSR count). The topological polar surface area (TPSA) is 51.2 Å². The van der Waals surface area contributed by atoms with E-state index in [0.717, 1.165) is 0 Å². The molecule has 0 aromatic rings. The molecule has 0 saturated heterocycles. The summed E-state index contributed by atoms with van der Waals surface area (Å²) in [6, 6.07) is 0. The fourth-order valence-electron chi connectivity index (χ4n) is 0. The van der Waals surface area contributed by atoms with Crippen molar-refractivity contribution in [2.75, 3.05) is 0 Å². The third kappa shape index (κ3) is 14.7. The Labute approximate surface area is 37.9 Å². The quantitative estimate of drug-likeness (QED) is 0.522. The Kier molecular flexibility index (Phi) is 2.42. The zero-order valence-corrected chi connectivity index (χ0v) is 5.51. The molecule has 0 amide bonds. The van der Waals surface area contributed by atoms with Crippen LogP contribution in [0.3, 0.4) is 0 Å². The zero-order valence-electron chi connectivity index (χ0n) is 1.80. The zero-order chi connectivity index (χ0) is 3.58. The van der Waals surface area contributed by atoms with Gasteiger partial charge in [-0.3, -0.25) is 0 Å². The average molecular weight is 189 g/mol. The van der Waals surface area contributed by atoms with Crippen LogP contribution >= 0.6 is 0 Å². The second-order valence-corrected chi connectivity index (χ2v) is 2.14. The minimum atomic E-state index is -4.47. The summed E-state index contributed by atoms with van der Waals surface area (Å²) in [5.74, 6) is 0. The standard InChI is InChI=1S/3O.Pr. The molecule has 0 N–H and O–H groups in total. The first-order chi connectivity index (χ1) is 1.73. The Morgan fingerprint density at radius 3 is 1.00 bits per heavy atom. The molecule has 4 heteroatoms. The molecule has 0 aromatic carbocycles. The van der Waals surface area contributed by atoms with Crippen molar-refractivity contribution in [1.82, 2.24) is 0 Å². The molecule has 21 valence electrons. The molecule has 0 aliphatic carbocycles. The molecule has 0 spiro atoms. The molecule has 0 atom stereocenters. The molecule has 0 aliphatic heterocycles. The van der Waals surface area contributed by atoms with E-state index < -0.39 is 35.4 Å². The number of hydrogen-bond donors (Lipinski definition) is 0. The fourth-order valence-corrected chi connectivity index (χ4v) is 0. The van der Waals surface area contributed by atoms with Crippen molar-refractivity contribution in [2.24, 2.45) is 0 Å². The average Bonchev–Trinajstić information content (AvgIpc) is 0.811. The van der Waals surface area contributed by atoms with E-state index in [1.165, 1.54) is 0 Å². The predicted molar refractivity (Wildman–Crippen MR) is 2.06 cm³/mol. The molecule has 0 saturated carbocycles. The van der Waals surface area contributed by atoms with Crippen molar-refractivity contribution in [3.63, 3.8) is 0 Å². The van der Waals surface area contributed by atoms with Crippen LogP contribution in [0.1, 0.15) is 0 Å². The Hall–Kier alpha value is 0.764. The maximum absolute atomic E-state index is 8.64. The monoisotopic (exact) mass is 189 g/mol. The van der Waals surface area contributed by atoms with E-state index in [2.05, 4.69) is 0 Å². The van der Waals surface area contributed by atoms with Crippen LogP contribution in [-0.2, 0) is 2.98 Å². The first-order valence-corrected chi connectivity index (χ1v) is 5.24. The van der Waals surface area contributed by atoms with Crippen LogP contribution in [0.2, 0.25) is 0 Å². The van der Waals surface area contributed by atoms with Gasteiger partial charge < -0.3 is 0 Å². The Bertz CT molecular complexity index is 72.7. The van der Waals surface area contributed by atoms with Gasteiger partial charge in [-0.2, -0.15) is 0 Å². The minimum absolute atomic E-state index is 4.47. The summed E-state index contributed by atoms with van der Waals surface area (Å²) < 4.78 is 25.9. The van der Waals surface area contributed by atoms with E-state index >= 15 is 0 Å². The third-order valence-electron chi connectivity index (χ3n) is 0. The maximum atomic E-state index is 8.64. The van der Waals surface area contributed by atoms with Gasteiger partial charge in [0.15, 0.2) is 0 Å². The Morgan fingerprint density at radius 2 is 1.00 bits per heavy atom. The van der Waals surface area contributed by atoms with Gasteiger partial charge in [-0.25, -0.2) is 0 Å². The molecule has 0 unspecified atom stereocenters. The van der Waals surface area contributed by atoms with Crippen molar-refractivity contribution in [1.29, 1.82) is 0 Å². The molecular weight excluding hydrogens is 189 g/mol. The van der Waals surface area contributed by atoms with Crippen LogP contribution in [0.25, 0.3) is 0 Å². The van der Waals surface area contributed by atoms with Gasteiger partial charge in [0.1, 0.15) is 0 Å². The van der Waals surface area contributed by atoms with Gasteiger partial charge in [-0.05, 0) is 0 Å². The Morgan fingerprint density at radius 1 is 1.00 bits per heavy atom. The molecule has 0 fully saturated rings. The second-order valence-electron chi connectivity index (χ2n) is 0.289. The molecule has 0 heterocycles. The molecule has 0 aliphatic rings. The van der Waals surface area contributed by atoms with Crippen LogP contribution in [-0.4, -0.2) is 0 Å². The third-order valence-corrected chi connectivity index (χ3v) is 0. The van der Waals surface area contributed by atoms with Crippen molar-refractivity contribution < 1.29 is 38.4 Å². The molecule has 0 radical (unpaired) electrons. The Balaban J connectivity index is 4.65. The number of hydrogen-bond acceptors (Lipinski definition) is 3. The number of rotatable bonds is 0. The summed E-state index contributed by atoms with van der Waals surface area (Å²) in [6.45, 7) is 0. The van der Waals surface area contributed by atoms with Crippen LogP contribution in [0, 0.1) is 35.4 Å². The van der Waals surface area contributed by atoms with Crippen molar-refractivity contribution in [3.05, 3.63) is 0 Å². The van der Waals surface area contributed by atoms with Gasteiger partial charge in [0.05, 0.1) is 0 Å². The van der Waals surface area contributed by atoms with Gasteiger partial charge in [-0.15, -0.1) is 0 Å². The second kappa shape index (κ2) is 2.03. The predicted octanol–water partition coefficient (Wildman–Crippen LogP) is -0.356. The summed E-state index contributed by atoms with van der Waals surface area (Å²) in [7, 11) is 0. The van der Waals surface area contributed by atoms with E-state index in [0.29, 0.717) is 0 Å². The van der Waals surface area contributed by atoms with Gasteiger partial charge in [0, 0.05) is 0 Å². The van der Waals surface area contributed by atoms with Crippen LogP contribution < -0.4 is 0 Å². The van der Waals surface area contributed by atoms with E-state index in [9.17, 15) is 0 Å². The summed E-state index contributed by atoms with van der Waals surface area (Å²) in [6.07, 6.45) is 0. The van der Waals surface area contributed by atoms with Gasteiger partial charge >= 0.3 is 38.4 Å². The van der Waals surface area contributed by atoms with E-state index in [-0.39, 0.29) is 0 Å². The van der Waals surface area contributed by atoms with Crippen molar-refractivity contribution in [3.8, 4) is 0 Å². The molecule has 0 aromatic heterocycles. The van der Waals surface area contributed by atoms with Gasteiger partial charge in [0.2, 0.25) is 0 Å². The molecule has 3 nitrogen and oxygen atoms in total. The summed E-state index contributed by atoms with van der Waals surface area (Å²) in [5.41, 5.74) is 0. The van der Waals surface area contributed by atoms with E-state index in [1.807, 2.05) is 0 Å². The van der Waals surface area contributed by atoms with E-state index in [1.54, 1.807) is 0 Å². The van der Waals surface area contributed by atoms with Crippen molar-refractivity contribution >= 4 is 0 Å². The summed E-state index contributed by atoms with van der Waals surface area (Å²) >= 11 is -4.47. The van der Waals surface area contributed by atoms with Crippen LogP contribution in [0.15, 0.2) is 0 Å². The van der Waals surface area contributed by atoms with Gasteiger partial charge in [-0.1, -0.05) is 0 Å². The van der Waals surface area contributed by atoms with Gasteiger partial charge in [0.25, 0.3) is 0 Å². The molecule has 0 bridgehead atoms. The van der Waals surface area contributed by atoms with Crippen LogP contribution in [0.5, 0.6) is 0 Å². The van der Waals surface area contributed by atoms with Crippen LogP contribution in [0.4, 0.5) is 0 Å². The molecule has 4 heavy (non-hydrogen) atoms. The normalized spacial score (nSPS) is 3.75. The molecular formula is O3Pr. The SMILES string of the molecule is [O]=[Pr](=[O])=[O]. The summed E-state index contributed by atoms with van der Waals surface area (Å²) in [5, 5.41) is 0. The first-order valence-electron chi connectivity index (χ1n) is 0.707.